The van der Waals surface area contributed by atoms with Crippen molar-refractivity contribution in [1.82, 2.24) is 16.2 Å². The average Bonchev–Trinajstić information content (AvgIpc) is 2.44. The molecular formula is C13H20N4OS2. The number of thiocarbonyl (C=S) groups is 2. The van der Waals surface area contributed by atoms with Gasteiger partial charge in [0, 0.05) is 0 Å². The minimum atomic E-state index is -0.537. The van der Waals surface area contributed by atoms with Crippen LogP contribution < -0.4 is 21.9 Å². The minimum Gasteiger partial charge on any atom is -0.376 e. The maximum Gasteiger partial charge on any atom is 0.248 e. The van der Waals surface area contributed by atoms with E-state index in [1.54, 1.807) is 0 Å². The predicted octanol–water partition coefficient (Wildman–Crippen LogP) is 1.42. The third-order valence-corrected chi connectivity index (χ3v) is 3.67. The molecule has 5 nitrogen and oxygen atoms in total. The second-order valence-electron chi connectivity index (χ2n) is 4.58. The van der Waals surface area contributed by atoms with E-state index in [4.69, 9.17) is 18.0 Å². The molecule has 0 saturated heterocycles. The highest BCUT2D eigenvalue weighted by Gasteiger charge is 2.34. The van der Waals surface area contributed by atoms with Gasteiger partial charge in [-0.3, -0.25) is 15.6 Å². The molecule has 1 rings (SSSR count). The van der Waals surface area contributed by atoms with Crippen LogP contribution in [0.3, 0.4) is 0 Å². The average molecular weight is 312 g/mol. The molecule has 0 heterocycles. The number of carbonyl (C=O) groups excluding carboxylic acids is 1. The lowest BCUT2D eigenvalue weighted by Crippen LogP contribution is -2.53. The van der Waals surface area contributed by atoms with Crippen LogP contribution in [-0.4, -0.2) is 16.1 Å². The summed E-state index contributed by atoms with van der Waals surface area (Å²) in [6.07, 6.45) is 8.45. The van der Waals surface area contributed by atoms with Crippen LogP contribution in [0.2, 0.25) is 0 Å². The Morgan fingerprint density at radius 3 is 2.55 bits per heavy atom. The number of hydrazine groups is 1. The molecule has 110 valence electrons. The van der Waals surface area contributed by atoms with Crippen molar-refractivity contribution in [1.29, 1.82) is 0 Å². The van der Waals surface area contributed by atoms with E-state index < -0.39 is 5.41 Å². The highest BCUT2D eigenvalue weighted by molar-refractivity contribution is 7.81. The number of rotatable bonds is 3. The van der Waals surface area contributed by atoms with Crippen LogP contribution in [0, 0.1) is 5.41 Å². The van der Waals surface area contributed by atoms with Crippen molar-refractivity contribution >= 4 is 40.6 Å². The van der Waals surface area contributed by atoms with Crippen LogP contribution in [0.15, 0.2) is 23.8 Å². The van der Waals surface area contributed by atoms with Crippen LogP contribution in [-0.2, 0) is 4.79 Å². The monoisotopic (exact) mass is 312 g/mol. The summed E-state index contributed by atoms with van der Waals surface area (Å²) in [5, 5.41) is 2.75. The number of hydrogen-bond donors (Lipinski definition) is 4. The first-order chi connectivity index (χ1) is 9.43. The number of amides is 1. The first-order valence-corrected chi connectivity index (χ1v) is 7.30. The lowest BCUT2D eigenvalue weighted by molar-refractivity contribution is -0.129. The van der Waals surface area contributed by atoms with Crippen LogP contribution in [0.4, 0.5) is 0 Å². The predicted molar refractivity (Wildman–Crippen MR) is 88.7 cm³/mol. The van der Waals surface area contributed by atoms with Gasteiger partial charge in [0.05, 0.1) is 5.41 Å². The van der Waals surface area contributed by atoms with Gasteiger partial charge in [0.1, 0.15) is 0 Å². The van der Waals surface area contributed by atoms with Gasteiger partial charge in [-0.1, -0.05) is 37.6 Å². The largest absolute Gasteiger partial charge is 0.376 e. The second-order valence-corrected chi connectivity index (χ2v) is 5.43. The van der Waals surface area contributed by atoms with Crippen LogP contribution in [0.1, 0.15) is 33.1 Å². The maximum absolute atomic E-state index is 12.3. The standard InChI is InChI=1S/C13H20N4OS2/c1-3-9-5-7-13(4-2,8-6-9)10(18)16-17-12(20)15-11(14)19/h5-7H,3-4,8H2,1-2H3,(H,16,18)(H4,14,15,17,19,20). The lowest BCUT2D eigenvalue weighted by atomic mass is 9.77. The van der Waals surface area contributed by atoms with Gasteiger partial charge in [-0.15, -0.1) is 0 Å². The molecule has 1 unspecified atom stereocenters. The van der Waals surface area contributed by atoms with Crippen molar-refractivity contribution in [3.8, 4) is 0 Å². The Morgan fingerprint density at radius 1 is 1.40 bits per heavy atom. The van der Waals surface area contributed by atoms with Crippen molar-refractivity contribution in [2.45, 2.75) is 33.1 Å². The zero-order valence-electron chi connectivity index (χ0n) is 11.7. The van der Waals surface area contributed by atoms with Gasteiger partial charge >= 0.3 is 0 Å². The van der Waals surface area contributed by atoms with Crippen molar-refractivity contribution in [2.75, 3.05) is 0 Å². The molecule has 0 aliphatic heterocycles. The molecule has 1 aliphatic rings. The third kappa shape index (κ3) is 4.28. The molecule has 1 aliphatic carbocycles. The maximum atomic E-state index is 12.3. The first-order valence-electron chi connectivity index (χ1n) is 6.48. The molecule has 5 N–H and O–H groups in total. The van der Waals surface area contributed by atoms with E-state index in [2.05, 4.69) is 41.4 Å². The fourth-order valence-electron chi connectivity index (χ4n) is 1.95. The van der Waals surface area contributed by atoms with Gasteiger partial charge in [-0.2, -0.15) is 0 Å². The summed E-state index contributed by atoms with van der Waals surface area (Å²) in [6.45, 7) is 4.08. The lowest BCUT2D eigenvalue weighted by Gasteiger charge is -2.30. The number of nitrogens with one attached hydrogen (secondary N) is 3. The zero-order chi connectivity index (χ0) is 15.2. The van der Waals surface area contributed by atoms with Gasteiger partial charge in [0.2, 0.25) is 5.91 Å². The van der Waals surface area contributed by atoms with E-state index in [0.717, 1.165) is 6.42 Å². The van der Waals surface area contributed by atoms with Crippen LogP contribution in [0.25, 0.3) is 0 Å². The third-order valence-electron chi connectivity index (χ3n) is 3.36. The van der Waals surface area contributed by atoms with Gasteiger partial charge in [-0.25, -0.2) is 0 Å². The molecule has 0 aromatic heterocycles. The fraction of sp³-hybridized carbons (Fsp3) is 0.462. The van der Waals surface area contributed by atoms with Crippen molar-refractivity contribution < 1.29 is 4.79 Å². The molecule has 0 bridgehead atoms. The molecule has 7 heteroatoms. The van der Waals surface area contributed by atoms with E-state index in [0.29, 0.717) is 12.8 Å². The van der Waals surface area contributed by atoms with Gasteiger partial charge in [0.15, 0.2) is 10.2 Å². The van der Waals surface area contributed by atoms with E-state index in [-0.39, 0.29) is 16.1 Å². The summed E-state index contributed by atoms with van der Waals surface area (Å²) in [5.74, 6) is -0.130. The Labute approximate surface area is 130 Å². The minimum absolute atomic E-state index is 0.0510. The number of carbonyl (C=O) groups is 1. The number of allylic oxidation sites excluding steroid dienone is 3. The quantitative estimate of drug-likeness (QED) is 0.466. The molecular weight excluding hydrogens is 292 g/mol. The van der Waals surface area contributed by atoms with Crippen LogP contribution in [0.5, 0.6) is 0 Å². The van der Waals surface area contributed by atoms with E-state index in [9.17, 15) is 4.79 Å². The Bertz CT molecular complexity index is 473. The molecule has 0 aromatic carbocycles. The van der Waals surface area contributed by atoms with E-state index in [1.165, 1.54) is 5.57 Å². The Hall–Kier alpha value is -1.47. The zero-order valence-corrected chi connectivity index (χ0v) is 13.3. The van der Waals surface area contributed by atoms with Gasteiger partial charge < -0.3 is 11.1 Å². The molecule has 20 heavy (non-hydrogen) atoms. The molecule has 1 amide bonds. The van der Waals surface area contributed by atoms with E-state index >= 15 is 0 Å². The van der Waals surface area contributed by atoms with Crippen molar-refractivity contribution in [3.63, 3.8) is 0 Å². The Balaban J connectivity index is 2.61. The van der Waals surface area contributed by atoms with Gasteiger partial charge in [0.25, 0.3) is 0 Å². The number of nitrogens with two attached hydrogens (primary N) is 1. The smallest absolute Gasteiger partial charge is 0.248 e. The second kappa shape index (κ2) is 7.35. The summed E-state index contributed by atoms with van der Waals surface area (Å²) in [6, 6.07) is 0. The Kier molecular flexibility index (Phi) is 6.09. The highest BCUT2D eigenvalue weighted by atomic mass is 32.1. The topological polar surface area (TPSA) is 79.2 Å². The summed E-state index contributed by atoms with van der Waals surface area (Å²) in [7, 11) is 0. The Morgan fingerprint density at radius 2 is 2.10 bits per heavy atom. The van der Waals surface area contributed by atoms with Crippen LogP contribution >= 0.6 is 24.4 Å². The molecule has 0 fully saturated rings. The first kappa shape index (κ1) is 16.6. The van der Waals surface area contributed by atoms with E-state index in [1.807, 2.05) is 19.1 Å². The SMILES string of the molecule is CCC1=CCC(CC)(C(=O)NNC(=S)NC(N)=S)C=C1. The molecule has 0 saturated carbocycles. The number of hydrogen-bond acceptors (Lipinski definition) is 3. The summed E-state index contributed by atoms with van der Waals surface area (Å²) in [4.78, 5) is 12.3. The molecule has 0 spiro atoms. The summed E-state index contributed by atoms with van der Waals surface area (Å²) in [5.41, 5.74) is 11.2. The molecule has 0 aromatic rings. The molecule has 1 atom stereocenters. The van der Waals surface area contributed by atoms with Crippen molar-refractivity contribution in [2.24, 2.45) is 11.1 Å². The normalized spacial score (nSPS) is 20.8. The van der Waals surface area contributed by atoms with Gasteiger partial charge in [-0.05, 0) is 43.7 Å². The van der Waals surface area contributed by atoms with Crippen molar-refractivity contribution in [3.05, 3.63) is 23.8 Å². The highest BCUT2D eigenvalue weighted by Crippen LogP contribution is 2.34. The summed E-state index contributed by atoms with van der Waals surface area (Å²) < 4.78 is 0. The molecule has 0 radical (unpaired) electrons. The summed E-state index contributed by atoms with van der Waals surface area (Å²) >= 11 is 9.58. The fourth-order valence-corrected chi connectivity index (χ4v) is 2.28.